The fourth-order valence-electron chi connectivity index (χ4n) is 2.96. The van der Waals surface area contributed by atoms with Gasteiger partial charge in [-0.2, -0.15) is 0 Å². The molecular formula is C25H20N2O2S2. The van der Waals surface area contributed by atoms with Crippen molar-refractivity contribution in [1.29, 1.82) is 0 Å². The molecule has 31 heavy (non-hydrogen) atoms. The molecule has 6 heteroatoms. The maximum absolute atomic E-state index is 10.9. The van der Waals surface area contributed by atoms with Gasteiger partial charge in [0.25, 0.3) is 0 Å². The molecule has 1 unspecified atom stereocenters. The molecule has 1 atom stereocenters. The lowest BCUT2D eigenvalue weighted by atomic mass is 10.1. The molecule has 4 aromatic rings. The maximum Gasteiger partial charge on any atom is 0.192 e. The first-order chi connectivity index (χ1) is 15.1. The number of aromatic nitrogens is 2. The highest BCUT2D eigenvalue weighted by molar-refractivity contribution is 7.99. The zero-order valence-electron chi connectivity index (χ0n) is 16.8. The average Bonchev–Trinajstić information content (AvgIpc) is 3.27. The van der Waals surface area contributed by atoms with Crippen molar-refractivity contribution in [2.45, 2.75) is 23.1 Å². The Hall–Kier alpha value is -3.06. The summed E-state index contributed by atoms with van der Waals surface area (Å²) in [6.45, 7) is 1.75. The summed E-state index contributed by atoms with van der Waals surface area (Å²) in [5.74, 6) is 0. The van der Waals surface area contributed by atoms with E-state index in [0.717, 1.165) is 37.8 Å². The molecule has 2 aromatic carbocycles. The second-order valence-corrected chi connectivity index (χ2v) is 9.05. The van der Waals surface area contributed by atoms with Crippen LogP contribution in [0.1, 0.15) is 39.4 Å². The van der Waals surface area contributed by atoms with Gasteiger partial charge in [0.1, 0.15) is 6.29 Å². The molecule has 0 aliphatic carbocycles. The van der Waals surface area contributed by atoms with Gasteiger partial charge < -0.3 is 5.11 Å². The van der Waals surface area contributed by atoms with E-state index in [-0.39, 0.29) is 0 Å². The van der Waals surface area contributed by atoms with Gasteiger partial charge in [-0.1, -0.05) is 36.4 Å². The number of aliphatic hydroxyl groups excluding tert-OH is 1. The van der Waals surface area contributed by atoms with Crippen LogP contribution >= 0.6 is 23.1 Å². The van der Waals surface area contributed by atoms with Gasteiger partial charge in [-0.15, -0.1) is 11.3 Å². The second-order valence-electron chi connectivity index (χ2n) is 6.90. The maximum atomic E-state index is 10.9. The van der Waals surface area contributed by atoms with Gasteiger partial charge in [-0.25, -0.2) is 9.97 Å². The first-order valence-electron chi connectivity index (χ1n) is 9.73. The molecule has 2 aromatic heterocycles. The van der Waals surface area contributed by atoms with Crippen molar-refractivity contribution in [2.24, 2.45) is 0 Å². The second kappa shape index (κ2) is 9.83. The highest BCUT2D eigenvalue weighted by Gasteiger charge is 2.08. The number of carbonyl (C=O) groups excluding carboxylic acids is 1. The molecule has 2 heterocycles. The van der Waals surface area contributed by atoms with Crippen LogP contribution in [-0.4, -0.2) is 21.4 Å². The van der Waals surface area contributed by atoms with Crippen LogP contribution in [0.15, 0.2) is 83.0 Å². The van der Waals surface area contributed by atoms with Crippen molar-refractivity contribution in [3.05, 3.63) is 94.5 Å². The number of aliphatic hydroxyl groups is 1. The molecule has 0 aliphatic rings. The van der Waals surface area contributed by atoms with Crippen molar-refractivity contribution in [2.75, 3.05) is 0 Å². The van der Waals surface area contributed by atoms with Crippen LogP contribution in [0.3, 0.4) is 0 Å². The van der Waals surface area contributed by atoms with E-state index in [0.29, 0.717) is 10.7 Å². The Morgan fingerprint density at radius 1 is 1.00 bits per heavy atom. The summed E-state index contributed by atoms with van der Waals surface area (Å²) in [6, 6.07) is 21.3. The first-order valence-corrected chi connectivity index (χ1v) is 11.4. The van der Waals surface area contributed by atoms with Crippen molar-refractivity contribution < 1.29 is 9.90 Å². The summed E-state index contributed by atoms with van der Waals surface area (Å²) in [7, 11) is 0. The number of rotatable bonds is 7. The van der Waals surface area contributed by atoms with Gasteiger partial charge >= 0.3 is 0 Å². The summed E-state index contributed by atoms with van der Waals surface area (Å²) in [5.41, 5.74) is 3.39. The Labute approximate surface area is 189 Å². The monoisotopic (exact) mass is 444 g/mol. The Morgan fingerprint density at radius 2 is 1.84 bits per heavy atom. The van der Waals surface area contributed by atoms with E-state index in [1.54, 1.807) is 30.5 Å². The summed E-state index contributed by atoms with van der Waals surface area (Å²) in [4.78, 5) is 23.2. The Bertz CT molecular complexity index is 1230. The van der Waals surface area contributed by atoms with Crippen LogP contribution in [0.2, 0.25) is 0 Å². The summed E-state index contributed by atoms with van der Waals surface area (Å²) < 4.78 is 0. The largest absolute Gasteiger partial charge is 0.389 e. The molecular weight excluding hydrogens is 424 g/mol. The number of benzene rings is 2. The number of nitrogens with zero attached hydrogens (tertiary/aromatic N) is 2. The quantitative estimate of drug-likeness (QED) is 0.264. The number of aldehydes is 1. The van der Waals surface area contributed by atoms with E-state index >= 15 is 0 Å². The van der Waals surface area contributed by atoms with Gasteiger partial charge in [0, 0.05) is 21.5 Å². The molecule has 0 spiro atoms. The highest BCUT2D eigenvalue weighted by Crippen LogP contribution is 2.31. The van der Waals surface area contributed by atoms with E-state index in [9.17, 15) is 9.90 Å². The summed E-state index contributed by atoms with van der Waals surface area (Å²) in [5, 5.41) is 10.5. The Balaban J connectivity index is 1.51. The summed E-state index contributed by atoms with van der Waals surface area (Å²) in [6.07, 6.45) is 6.15. The molecule has 0 amide bonds. The molecule has 0 saturated heterocycles. The van der Waals surface area contributed by atoms with Crippen molar-refractivity contribution in [3.63, 3.8) is 0 Å². The van der Waals surface area contributed by atoms with Gasteiger partial charge in [-0.05, 0) is 72.3 Å². The molecule has 0 radical (unpaired) electrons. The van der Waals surface area contributed by atoms with Gasteiger partial charge in [0.05, 0.1) is 16.7 Å². The minimum Gasteiger partial charge on any atom is -0.389 e. The molecule has 0 bridgehead atoms. The molecule has 154 valence electrons. The first kappa shape index (κ1) is 21.2. The number of thiophene rings is 1. The minimum absolute atomic E-state index is 0.508. The Kier molecular flexibility index (Phi) is 6.72. The standard InChI is InChI=1S/C25H20N2O2S2/c1-17(29)20-6-3-7-22(15-20)31-25-26-13-12-23(27-25)24-11-10-21(30-24)9-8-18-4-2-5-19(14-18)16-28/h2-17,29H,1H3/b9-8+. The topological polar surface area (TPSA) is 63.1 Å². The number of hydrogen-bond acceptors (Lipinski definition) is 6. The molecule has 4 nitrogen and oxygen atoms in total. The zero-order chi connectivity index (χ0) is 21.6. The lowest BCUT2D eigenvalue weighted by Crippen LogP contribution is -1.91. The highest BCUT2D eigenvalue weighted by atomic mass is 32.2. The number of hydrogen-bond donors (Lipinski definition) is 1. The summed E-state index contributed by atoms with van der Waals surface area (Å²) >= 11 is 3.12. The Morgan fingerprint density at radius 3 is 2.68 bits per heavy atom. The van der Waals surface area contributed by atoms with Crippen molar-refractivity contribution >= 4 is 41.5 Å². The van der Waals surface area contributed by atoms with E-state index in [2.05, 4.69) is 17.1 Å². The third-order valence-electron chi connectivity index (χ3n) is 4.55. The van der Waals surface area contributed by atoms with Gasteiger partial charge in [-0.3, -0.25) is 4.79 Å². The third kappa shape index (κ3) is 5.55. The number of carbonyl (C=O) groups is 1. The lowest BCUT2D eigenvalue weighted by molar-refractivity contribution is 0.112. The molecule has 4 rings (SSSR count). The molecule has 0 saturated carbocycles. The van der Waals surface area contributed by atoms with Crippen LogP contribution < -0.4 is 0 Å². The lowest BCUT2D eigenvalue weighted by Gasteiger charge is -2.07. The van der Waals surface area contributed by atoms with E-state index in [4.69, 9.17) is 4.98 Å². The van der Waals surface area contributed by atoms with E-state index in [1.165, 1.54) is 11.8 Å². The minimum atomic E-state index is -0.508. The van der Waals surface area contributed by atoms with Crippen LogP contribution in [0.4, 0.5) is 0 Å². The van der Waals surface area contributed by atoms with Crippen LogP contribution in [0, 0.1) is 0 Å². The van der Waals surface area contributed by atoms with Gasteiger partial charge in [0.15, 0.2) is 5.16 Å². The van der Waals surface area contributed by atoms with Crippen molar-refractivity contribution in [3.8, 4) is 10.6 Å². The average molecular weight is 445 g/mol. The smallest absolute Gasteiger partial charge is 0.192 e. The van der Waals surface area contributed by atoms with Gasteiger partial charge in [0.2, 0.25) is 0 Å². The molecule has 1 N–H and O–H groups in total. The van der Waals surface area contributed by atoms with Crippen LogP contribution in [-0.2, 0) is 0 Å². The predicted octanol–water partition coefficient (Wildman–Crippen LogP) is 6.39. The van der Waals surface area contributed by atoms with E-state index in [1.807, 2.05) is 60.7 Å². The molecule has 0 fully saturated rings. The van der Waals surface area contributed by atoms with Crippen LogP contribution in [0.5, 0.6) is 0 Å². The zero-order valence-corrected chi connectivity index (χ0v) is 18.4. The van der Waals surface area contributed by atoms with Crippen LogP contribution in [0.25, 0.3) is 22.7 Å². The SMILES string of the molecule is CC(O)c1cccc(Sc2nccc(-c3ccc(/C=C/c4cccc(C=O)c4)s3)n2)c1. The van der Waals surface area contributed by atoms with E-state index < -0.39 is 6.10 Å². The molecule has 0 aliphatic heterocycles. The fourth-order valence-corrected chi connectivity index (χ4v) is 4.66. The fraction of sp³-hybridized carbons (Fsp3) is 0.0800. The van der Waals surface area contributed by atoms with Crippen molar-refractivity contribution in [1.82, 2.24) is 9.97 Å². The third-order valence-corrected chi connectivity index (χ3v) is 6.49. The predicted molar refractivity (Wildman–Crippen MR) is 127 cm³/mol. The normalized spacial score (nSPS) is 12.2.